The Morgan fingerprint density at radius 3 is 3.00 bits per heavy atom. The van der Waals surface area contributed by atoms with Crippen molar-refractivity contribution in [1.29, 1.82) is 0 Å². The van der Waals surface area contributed by atoms with Crippen LogP contribution >= 0.6 is 0 Å². The molecule has 1 aromatic heterocycles. The quantitative estimate of drug-likeness (QED) is 0.819. The summed E-state index contributed by atoms with van der Waals surface area (Å²) in [6, 6.07) is 3.92. The average molecular weight is 233 g/mol. The average Bonchev–Trinajstić information content (AvgIpc) is 2.74. The first-order valence-electron chi connectivity index (χ1n) is 6.09. The molecule has 4 nitrogen and oxygen atoms in total. The van der Waals surface area contributed by atoms with Crippen LogP contribution < -0.4 is 10.6 Å². The maximum atomic E-state index is 11.9. The molecular formula is C13H19N3O. The van der Waals surface area contributed by atoms with Crippen molar-refractivity contribution in [2.24, 2.45) is 5.92 Å². The molecule has 2 N–H and O–H groups in total. The second-order valence-electron chi connectivity index (χ2n) is 4.72. The summed E-state index contributed by atoms with van der Waals surface area (Å²) < 4.78 is 0. The molecule has 1 aromatic rings. The number of aryl methyl sites for hydroxylation is 1. The summed E-state index contributed by atoms with van der Waals surface area (Å²) in [7, 11) is 0. The number of rotatable bonds is 3. The van der Waals surface area contributed by atoms with Crippen LogP contribution in [0.5, 0.6) is 0 Å². The number of nitrogens with one attached hydrogen (secondary N) is 2. The Labute approximate surface area is 102 Å². The minimum Gasteiger partial charge on any atom is -0.351 e. The van der Waals surface area contributed by atoms with Crippen LogP contribution in [-0.2, 0) is 11.3 Å². The highest BCUT2D eigenvalue weighted by molar-refractivity contribution is 5.82. The maximum Gasteiger partial charge on any atom is 0.237 e. The molecule has 1 saturated heterocycles. The van der Waals surface area contributed by atoms with Gasteiger partial charge in [-0.3, -0.25) is 9.78 Å². The minimum atomic E-state index is -0.0339. The van der Waals surface area contributed by atoms with Gasteiger partial charge in [-0.2, -0.15) is 0 Å². The van der Waals surface area contributed by atoms with Crippen molar-refractivity contribution in [3.8, 4) is 0 Å². The van der Waals surface area contributed by atoms with Gasteiger partial charge in [0.15, 0.2) is 0 Å². The van der Waals surface area contributed by atoms with Crippen molar-refractivity contribution >= 4 is 5.91 Å². The first-order valence-corrected chi connectivity index (χ1v) is 6.09. The highest BCUT2D eigenvalue weighted by Crippen LogP contribution is 2.14. The van der Waals surface area contributed by atoms with Crippen LogP contribution in [0, 0.1) is 12.8 Å². The Morgan fingerprint density at radius 2 is 2.41 bits per heavy atom. The summed E-state index contributed by atoms with van der Waals surface area (Å²) in [6.45, 7) is 5.55. The molecule has 92 valence electrons. The third-order valence-corrected chi connectivity index (χ3v) is 3.25. The fraction of sp³-hybridized carbons (Fsp3) is 0.538. The molecule has 1 aliphatic heterocycles. The molecule has 1 aliphatic rings. The standard InChI is InChI=1S/C13H19N3O/c1-9-5-6-14-12(9)13(17)16-8-11-4-3-10(2)15-7-11/h3-4,7,9,12,14H,5-6,8H2,1-2H3,(H,16,17). The van der Waals surface area contributed by atoms with E-state index in [-0.39, 0.29) is 11.9 Å². The smallest absolute Gasteiger partial charge is 0.237 e. The van der Waals surface area contributed by atoms with Crippen molar-refractivity contribution in [1.82, 2.24) is 15.6 Å². The van der Waals surface area contributed by atoms with E-state index in [2.05, 4.69) is 22.5 Å². The Kier molecular flexibility index (Phi) is 3.74. The molecule has 0 spiro atoms. The van der Waals surface area contributed by atoms with E-state index in [0.29, 0.717) is 12.5 Å². The first-order chi connectivity index (χ1) is 8.16. The fourth-order valence-electron chi connectivity index (χ4n) is 2.09. The van der Waals surface area contributed by atoms with Crippen LogP contribution in [0.25, 0.3) is 0 Å². The van der Waals surface area contributed by atoms with Gasteiger partial charge in [0.1, 0.15) is 0 Å². The third kappa shape index (κ3) is 3.03. The largest absolute Gasteiger partial charge is 0.351 e. The molecule has 0 aliphatic carbocycles. The SMILES string of the molecule is Cc1ccc(CNC(=O)C2NCCC2C)cn1. The molecule has 2 heterocycles. The first kappa shape index (κ1) is 12.0. The van der Waals surface area contributed by atoms with Crippen molar-refractivity contribution in [2.45, 2.75) is 32.9 Å². The fourth-order valence-corrected chi connectivity index (χ4v) is 2.09. The lowest BCUT2D eigenvalue weighted by Crippen LogP contribution is -2.42. The van der Waals surface area contributed by atoms with Gasteiger partial charge in [-0.25, -0.2) is 0 Å². The predicted molar refractivity (Wildman–Crippen MR) is 66.4 cm³/mol. The molecule has 0 radical (unpaired) electrons. The molecule has 0 saturated carbocycles. The molecule has 1 fully saturated rings. The van der Waals surface area contributed by atoms with Gasteiger partial charge in [-0.15, -0.1) is 0 Å². The van der Waals surface area contributed by atoms with Crippen molar-refractivity contribution in [3.63, 3.8) is 0 Å². The Bertz CT molecular complexity index is 388. The summed E-state index contributed by atoms with van der Waals surface area (Å²) in [5.41, 5.74) is 2.03. The van der Waals surface area contributed by atoms with Crippen molar-refractivity contribution < 1.29 is 4.79 Å². The third-order valence-electron chi connectivity index (χ3n) is 3.25. The van der Waals surface area contributed by atoms with Crippen LogP contribution in [0.2, 0.25) is 0 Å². The zero-order valence-corrected chi connectivity index (χ0v) is 10.4. The lowest BCUT2D eigenvalue weighted by molar-refractivity contribution is -0.123. The Hall–Kier alpha value is -1.42. The summed E-state index contributed by atoms with van der Waals surface area (Å²) >= 11 is 0. The van der Waals surface area contributed by atoms with Gasteiger partial charge in [0.25, 0.3) is 0 Å². The summed E-state index contributed by atoms with van der Waals surface area (Å²) in [4.78, 5) is 16.1. The van der Waals surface area contributed by atoms with Crippen LogP contribution in [-0.4, -0.2) is 23.5 Å². The zero-order valence-electron chi connectivity index (χ0n) is 10.4. The highest BCUT2D eigenvalue weighted by Gasteiger charge is 2.28. The van der Waals surface area contributed by atoms with Gasteiger partial charge in [-0.1, -0.05) is 13.0 Å². The van der Waals surface area contributed by atoms with Gasteiger partial charge in [0.05, 0.1) is 6.04 Å². The number of carbonyl (C=O) groups is 1. The van der Waals surface area contributed by atoms with Crippen LogP contribution in [0.1, 0.15) is 24.6 Å². The number of aromatic nitrogens is 1. The van der Waals surface area contributed by atoms with Crippen molar-refractivity contribution in [2.75, 3.05) is 6.54 Å². The van der Waals surface area contributed by atoms with Crippen LogP contribution in [0.15, 0.2) is 18.3 Å². The van der Waals surface area contributed by atoms with Gasteiger partial charge >= 0.3 is 0 Å². The lowest BCUT2D eigenvalue weighted by Gasteiger charge is -2.15. The zero-order chi connectivity index (χ0) is 12.3. The monoisotopic (exact) mass is 233 g/mol. The van der Waals surface area contributed by atoms with Crippen LogP contribution in [0.3, 0.4) is 0 Å². The van der Waals surface area contributed by atoms with Gasteiger partial charge in [0, 0.05) is 18.4 Å². The second kappa shape index (κ2) is 5.27. The van der Waals surface area contributed by atoms with Gasteiger partial charge in [0.2, 0.25) is 5.91 Å². The molecule has 2 atom stereocenters. The van der Waals surface area contributed by atoms with Gasteiger partial charge < -0.3 is 10.6 Å². The highest BCUT2D eigenvalue weighted by atomic mass is 16.2. The maximum absolute atomic E-state index is 11.9. The number of hydrogen-bond acceptors (Lipinski definition) is 3. The number of pyridine rings is 1. The Morgan fingerprint density at radius 1 is 1.59 bits per heavy atom. The molecular weight excluding hydrogens is 214 g/mol. The normalized spacial score (nSPS) is 23.6. The second-order valence-corrected chi connectivity index (χ2v) is 4.72. The molecule has 2 unspecified atom stereocenters. The molecule has 17 heavy (non-hydrogen) atoms. The summed E-state index contributed by atoms with van der Waals surface area (Å²) in [6.07, 6.45) is 2.88. The van der Waals surface area contributed by atoms with Gasteiger partial charge in [-0.05, 0) is 37.4 Å². The topological polar surface area (TPSA) is 54.0 Å². The molecule has 4 heteroatoms. The van der Waals surface area contributed by atoms with E-state index in [1.165, 1.54) is 0 Å². The van der Waals surface area contributed by atoms with E-state index in [1.54, 1.807) is 6.20 Å². The van der Waals surface area contributed by atoms with E-state index in [4.69, 9.17) is 0 Å². The Balaban J connectivity index is 1.85. The molecule has 2 rings (SSSR count). The minimum absolute atomic E-state index is 0.0339. The number of carbonyl (C=O) groups excluding carboxylic acids is 1. The van der Waals surface area contributed by atoms with E-state index in [9.17, 15) is 4.79 Å². The van der Waals surface area contributed by atoms with Crippen molar-refractivity contribution in [3.05, 3.63) is 29.6 Å². The molecule has 1 amide bonds. The van der Waals surface area contributed by atoms with Crippen LogP contribution in [0.4, 0.5) is 0 Å². The summed E-state index contributed by atoms with van der Waals surface area (Å²) in [5.74, 6) is 0.515. The van der Waals surface area contributed by atoms with E-state index in [1.807, 2.05) is 19.1 Å². The summed E-state index contributed by atoms with van der Waals surface area (Å²) in [5, 5.41) is 6.17. The predicted octanol–water partition coefficient (Wildman–Crippen LogP) is 1.00. The van der Waals surface area contributed by atoms with E-state index < -0.39 is 0 Å². The van der Waals surface area contributed by atoms with E-state index in [0.717, 1.165) is 24.2 Å². The molecule has 0 aromatic carbocycles. The molecule has 0 bridgehead atoms. The number of hydrogen-bond donors (Lipinski definition) is 2. The number of nitrogens with zero attached hydrogens (tertiary/aromatic N) is 1. The lowest BCUT2D eigenvalue weighted by atomic mass is 10.0. The van der Waals surface area contributed by atoms with E-state index >= 15 is 0 Å². The number of amides is 1.